The topological polar surface area (TPSA) is 9.23 Å². The van der Waals surface area contributed by atoms with Gasteiger partial charge in [-0.25, -0.2) is 0 Å². The van der Waals surface area contributed by atoms with E-state index < -0.39 is 34.4 Å². The molecule has 0 saturated carbocycles. The molecular formula is C10H7BrF6O. The Morgan fingerprint density at radius 3 is 1.94 bits per heavy atom. The van der Waals surface area contributed by atoms with Gasteiger partial charge in [0.1, 0.15) is 5.75 Å². The summed E-state index contributed by atoms with van der Waals surface area (Å²) in [5.41, 5.74) is -4.00. The molecule has 0 saturated heterocycles. The Bertz CT molecular complexity index is 437. The van der Waals surface area contributed by atoms with E-state index in [0.29, 0.717) is 6.07 Å². The van der Waals surface area contributed by atoms with Gasteiger partial charge in [0.2, 0.25) is 0 Å². The Balaban J connectivity index is 3.66. The molecular weight excluding hydrogens is 330 g/mol. The summed E-state index contributed by atoms with van der Waals surface area (Å²) < 4.78 is 80.7. The highest BCUT2D eigenvalue weighted by molar-refractivity contribution is 9.08. The number of halogens is 7. The standard InChI is InChI=1S/C10H7BrF6O/c1-18-7-3-2-6(9(12,13)14)8(5(7)4-11)10(15,16)17/h2-3H,4H2,1H3. The van der Waals surface area contributed by atoms with Crippen molar-refractivity contribution in [1.29, 1.82) is 0 Å². The summed E-state index contributed by atoms with van der Waals surface area (Å²) in [6.45, 7) is 0. The molecule has 0 aromatic heterocycles. The zero-order valence-corrected chi connectivity index (χ0v) is 10.5. The molecule has 0 bridgehead atoms. The van der Waals surface area contributed by atoms with Crippen LogP contribution in [0.15, 0.2) is 12.1 Å². The van der Waals surface area contributed by atoms with Gasteiger partial charge in [0, 0.05) is 10.9 Å². The van der Waals surface area contributed by atoms with Crippen LogP contribution in [0.1, 0.15) is 16.7 Å². The molecule has 0 fully saturated rings. The molecule has 0 radical (unpaired) electrons. The van der Waals surface area contributed by atoms with Crippen molar-refractivity contribution in [2.45, 2.75) is 17.7 Å². The van der Waals surface area contributed by atoms with Gasteiger partial charge in [0.15, 0.2) is 0 Å². The summed E-state index contributed by atoms with van der Waals surface area (Å²) in [6, 6.07) is 1.24. The minimum Gasteiger partial charge on any atom is -0.496 e. The van der Waals surface area contributed by atoms with Crippen molar-refractivity contribution in [3.63, 3.8) is 0 Å². The maximum atomic E-state index is 12.8. The molecule has 1 rings (SSSR count). The van der Waals surface area contributed by atoms with E-state index in [1.54, 1.807) is 0 Å². The third-order valence-electron chi connectivity index (χ3n) is 2.21. The van der Waals surface area contributed by atoms with Gasteiger partial charge in [-0.1, -0.05) is 15.9 Å². The molecule has 1 nitrogen and oxygen atoms in total. The third kappa shape index (κ3) is 2.90. The van der Waals surface area contributed by atoms with E-state index in [0.717, 1.165) is 13.2 Å². The van der Waals surface area contributed by atoms with Gasteiger partial charge in [-0.2, -0.15) is 26.3 Å². The Kier molecular flexibility index (Phi) is 4.19. The highest BCUT2D eigenvalue weighted by Crippen LogP contribution is 2.45. The van der Waals surface area contributed by atoms with Crippen molar-refractivity contribution in [1.82, 2.24) is 0 Å². The van der Waals surface area contributed by atoms with Crippen LogP contribution in [-0.2, 0) is 17.7 Å². The Morgan fingerprint density at radius 2 is 1.61 bits per heavy atom. The largest absolute Gasteiger partial charge is 0.496 e. The van der Waals surface area contributed by atoms with Crippen molar-refractivity contribution in [3.8, 4) is 5.75 Å². The molecule has 18 heavy (non-hydrogen) atoms. The summed E-state index contributed by atoms with van der Waals surface area (Å²) in [6.07, 6.45) is -10.2. The molecule has 8 heteroatoms. The molecule has 102 valence electrons. The lowest BCUT2D eigenvalue weighted by molar-refractivity contribution is -0.162. The second kappa shape index (κ2) is 4.99. The number of ether oxygens (including phenoxy) is 1. The zero-order chi connectivity index (χ0) is 14.1. The van der Waals surface area contributed by atoms with Gasteiger partial charge in [0.25, 0.3) is 0 Å². The van der Waals surface area contributed by atoms with Gasteiger partial charge in [-0.05, 0) is 12.1 Å². The van der Waals surface area contributed by atoms with Gasteiger partial charge in [-0.15, -0.1) is 0 Å². The number of benzene rings is 1. The van der Waals surface area contributed by atoms with Crippen LogP contribution in [0.4, 0.5) is 26.3 Å². The van der Waals surface area contributed by atoms with E-state index in [1.165, 1.54) is 0 Å². The Morgan fingerprint density at radius 1 is 1.06 bits per heavy atom. The highest BCUT2D eigenvalue weighted by Gasteiger charge is 2.45. The first-order valence-corrected chi connectivity index (χ1v) is 5.65. The van der Waals surface area contributed by atoms with E-state index in [1.807, 2.05) is 0 Å². The van der Waals surface area contributed by atoms with Gasteiger partial charge in [0.05, 0.1) is 18.2 Å². The lowest BCUT2D eigenvalue weighted by atomic mass is 10.00. The summed E-state index contributed by atoms with van der Waals surface area (Å²) in [7, 11) is 1.09. The molecule has 1 aromatic rings. The fourth-order valence-electron chi connectivity index (χ4n) is 1.51. The minimum absolute atomic E-state index is 0.243. The van der Waals surface area contributed by atoms with E-state index in [2.05, 4.69) is 20.7 Å². The molecule has 0 aliphatic carbocycles. The summed E-state index contributed by atoms with van der Waals surface area (Å²) >= 11 is 2.75. The minimum atomic E-state index is -5.11. The molecule has 1 aromatic carbocycles. The van der Waals surface area contributed by atoms with E-state index in [9.17, 15) is 26.3 Å². The van der Waals surface area contributed by atoms with Crippen LogP contribution in [0, 0.1) is 0 Å². The predicted molar refractivity (Wildman–Crippen MR) is 55.6 cm³/mol. The van der Waals surface area contributed by atoms with Crippen molar-refractivity contribution in [3.05, 3.63) is 28.8 Å². The average molecular weight is 337 g/mol. The molecule has 0 spiro atoms. The average Bonchev–Trinajstić information content (AvgIpc) is 2.24. The quantitative estimate of drug-likeness (QED) is 0.565. The lowest BCUT2D eigenvalue weighted by Gasteiger charge is -2.20. The first-order valence-electron chi connectivity index (χ1n) is 4.53. The fourth-order valence-corrected chi connectivity index (χ4v) is 2.07. The van der Waals surface area contributed by atoms with Crippen molar-refractivity contribution in [2.75, 3.05) is 7.11 Å². The van der Waals surface area contributed by atoms with Crippen molar-refractivity contribution in [2.24, 2.45) is 0 Å². The molecule has 0 aliphatic heterocycles. The number of alkyl halides is 7. The Hall–Kier alpha value is -0.920. The van der Waals surface area contributed by atoms with E-state index in [-0.39, 0.29) is 5.75 Å². The molecule has 0 unspecified atom stereocenters. The van der Waals surface area contributed by atoms with Gasteiger partial charge < -0.3 is 4.74 Å². The number of rotatable bonds is 2. The van der Waals surface area contributed by atoms with E-state index in [4.69, 9.17) is 0 Å². The second-order valence-corrected chi connectivity index (χ2v) is 3.86. The van der Waals surface area contributed by atoms with Crippen LogP contribution < -0.4 is 4.74 Å². The molecule has 0 N–H and O–H groups in total. The SMILES string of the molecule is COc1ccc(C(F)(F)F)c(C(F)(F)F)c1CBr. The van der Waals surface area contributed by atoms with Crippen LogP contribution in [0.25, 0.3) is 0 Å². The van der Waals surface area contributed by atoms with Crippen LogP contribution in [0.2, 0.25) is 0 Å². The fraction of sp³-hybridized carbons (Fsp3) is 0.400. The molecule has 0 amide bonds. The molecule has 0 atom stereocenters. The predicted octanol–water partition coefficient (Wildman–Crippen LogP) is 4.63. The number of hydrogen-bond acceptors (Lipinski definition) is 1. The van der Waals surface area contributed by atoms with Crippen LogP contribution in [0.5, 0.6) is 5.75 Å². The van der Waals surface area contributed by atoms with Crippen molar-refractivity contribution < 1.29 is 31.1 Å². The molecule has 0 aliphatic rings. The maximum Gasteiger partial charge on any atom is 0.417 e. The summed E-state index contributed by atoms with van der Waals surface area (Å²) in [4.78, 5) is 0. The van der Waals surface area contributed by atoms with Crippen LogP contribution >= 0.6 is 15.9 Å². The molecule has 0 heterocycles. The van der Waals surface area contributed by atoms with E-state index >= 15 is 0 Å². The zero-order valence-electron chi connectivity index (χ0n) is 8.92. The normalized spacial score (nSPS) is 12.7. The smallest absolute Gasteiger partial charge is 0.417 e. The second-order valence-electron chi connectivity index (χ2n) is 3.30. The summed E-state index contributed by atoms with van der Waals surface area (Å²) in [5.74, 6) is -0.243. The first kappa shape index (κ1) is 15.1. The van der Waals surface area contributed by atoms with Gasteiger partial charge in [-0.3, -0.25) is 0 Å². The third-order valence-corrected chi connectivity index (χ3v) is 2.77. The summed E-state index contributed by atoms with van der Waals surface area (Å²) in [5, 5.41) is -0.394. The lowest BCUT2D eigenvalue weighted by Crippen LogP contribution is -2.19. The first-order chi connectivity index (χ1) is 8.12. The van der Waals surface area contributed by atoms with Crippen molar-refractivity contribution >= 4 is 15.9 Å². The van der Waals surface area contributed by atoms with Crippen LogP contribution in [0.3, 0.4) is 0 Å². The number of hydrogen-bond donors (Lipinski definition) is 0. The number of methoxy groups -OCH3 is 1. The Labute approximate surface area is 107 Å². The van der Waals surface area contributed by atoms with Gasteiger partial charge >= 0.3 is 12.4 Å². The monoisotopic (exact) mass is 336 g/mol. The van der Waals surface area contributed by atoms with Crippen LogP contribution in [-0.4, -0.2) is 7.11 Å². The maximum absolute atomic E-state index is 12.8. The highest BCUT2D eigenvalue weighted by atomic mass is 79.9.